The summed E-state index contributed by atoms with van der Waals surface area (Å²) in [7, 11) is 1.60. The number of hydrogen-bond acceptors (Lipinski definition) is 3. The monoisotopic (exact) mass is 354 g/mol. The summed E-state index contributed by atoms with van der Waals surface area (Å²) in [6.45, 7) is 3.13. The maximum atomic E-state index is 12.3. The van der Waals surface area contributed by atoms with Gasteiger partial charge in [-0.05, 0) is 41.8 Å². The molecular formula is C21H26N2O3. The van der Waals surface area contributed by atoms with Gasteiger partial charge in [0.1, 0.15) is 0 Å². The SMILES string of the molecule is CCCc1ccc(C(=O)Nc2ccc(CC(=O)NCCOC)cc2)cc1. The van der Waals surface area contributed by atoms with Crippen LogP contribution in [0.1, 0.15) is 34.8 Å². The van der Waals surface area contributed by atoms with E-state index in [-0.39, 0.29) is 11.8 Å². The molecule has 26 heavy (non-hydrogen) atoms. The minimum atomic E-state index is -0.141. The fourth-order valence-corrected chi connectivity index (χ4v) is 2.56. The third-order valence-electron chi connectivity index (χ3n) is 3.96. The van der Waals surface area contributed by atoms with Gasteiger partial charge in [-0.2, -0.15) is 0 Å². The fourth-order valence-electron chi connectivity index (χ4n) is 2.56. The smallest absolute Gasteiger partial charge is 0.255 e. The Morgan fingerprint density at radius 1 is 0.962 bits per heavy atom. The maximum Gasteiger partial charge on any atom is 0.255 e. The highest BCUT2D eigenvalue weighted by Crippen LogP contribution is 2.13. The number of hydrogen-bond donors (Lipinski definition) is 2. The quantitative estimate of drug-likeness (QED) is 0.680. The van der Waals surface area contributed by atoms with Crippen molar-refractivity contribution in [3.8, 4) is 0 Å². The van der Waals surface area contributed by atoms with Gasteiger partial charge in [0, 0.05) is 24.9 Å². The summed E-state index contributed by atoms with van der Waals surface area (Å²) < 4.78 is 4.90. The molecule has 0 aliphatic rings. The number of aryl methyl sites for hydroxylation is 1. The lowest BCUT2D eigenvalue weighted by atomic mass is 10.1. The molecule has 2 aromatic rings. The summed E-state index contributed by atoms with van der Waals surface area (Å²) in [5.41, 5.74) is 3.46. The van der Waals surface area contributed by atoms with Crippen LogP contribution in [-0.4, -0.2) is 32.1 Å². The molecule has 0 saturated carbocycles. The van der Waals surface area contributed by atoms with Crippen molar-refractivity contribution in [3.63, 3.8) is 0 Å². The predicted molar refractivity (Wildman–Crippen MR) is 103 cm³/mol. The Kier molecular flexibility index (Phi) is 7.83. The molecule has 0 unspecified atom stereocenters. The van der Waals surface area contributed by atoms with Crippen LogP contribution in [0.5, 0.6) is 0 Å². The highest BCUT2D eigenvalue weighted by molar-refractivity contribution is 6.04. The molecule has 2 amide bonds. The van der Waals surface area contributed by atoms with Gasteiger partial charge in [-0.25, -0.2) is 0 Å². The molecular weight excluding hydrogens is 328 g/mol. The summed E-state index contributed by atoms with van der Waals surface area (Å²) in [6, 6.07) is 15.0. The first kappa shape index (κ1) is 19.7. The second-order valence-corrected chi connectivity index (χ2v) is 6.12. The van der Waals surface area contributed by atoms with E-state index in [9.17, 15) is 9.59 Å². The molecule has 0 bridgehead atoms. The van der Waals surface area contributed by atoms with Crippen molar-refractivity contribution in [3.05, 3.63) is 65.2 Å². The summed E-state index contributed by atoms with van der Waals surface area (Å²) >= 11 is 0. The minimum absolute atomic E-state index is 0.0500. The fraction of sp³-hybridized carbons (Fsp3) is 0.333. The van der Waals surface area contributed by atoms with Crippen LogP contribution < -0.4 is 10.6 Å². The van der Waals surface area contributed by atoms with Crippen LogP contribution in [0.2, 0.25) is 0 Å². The first-order chi connectivity index (χ1) is 12.6. The molecule has 0 aliphatic carbocycles. The van der Waals surface area contributed by atoms with Crippen LogP contribution in [0.25, 0.3) is 0 Å². The zero-order chi connectivity index (χ0) is 18.8. The van der Waals surface area contributed by atoms with E-state index in [0.717, 1.165) is 18.4 Å². The lowest BCUT2D eigenvalue weighted by Gasteiger charge is -2.08. The molecule has 0 saturated heterocycles. The zero-order valence-corrected chi connectivity index (χ0v) is 15.4. The van der Waals surface area contributed by atoms with Gasteiger partial charge < -0.3 is 15.4 Å². The number of benzene rings is 2. The molecule has 0 heterocycles. The number of carbonyl (C=O) groups excluding carboxylic acids is 2. The second-order valence-electron chi connectivity index (χ2n) is 6.12. The Morgan fingerprint density at radius 2 is 1.62 bits per heavy atom. The van der Waals surface area contributed by atoms with Crippen LogP contribution in [-0.2, 0) is 22.4 Å². The van der Waals surface area contributed by atoms with Gasteiger partial charge >= 0.3 is 0 Å². The zero-order valence-electron chi connectivity index (χ0n) is 15.4. The van der Waals surface area contributed by atoms with E-state index in [2.05, 4.69) is 17.6 Å². The molecule has 5 nitrogen and oxygen atoms in total. The van der Waals surface area contributed by atoms with E-state index >= 15 is 0 Å². The minimum Gasteiger partial charge on any atom is -0.383 e. The summed E-state index contributed by atoms with van der Waals surface area (Å²) in [6.07, 6.45) is 2.40. The molecule has 2 rings (SSSR count). The van der Waals surface area contributed by atoms with Gasteiger partial charge in [-0.1, -0.05) is 37.6 Å². The first-order valence-electron chi connectivity index (χ1n) is 8.87. The number of methoxy groups -OCH3 is 1. The van der Waals surface area contributed by atoms with E-state index in [1.807, 2.05) is 36.4 Å². The third kappa shape index (κ3) is 6.33. The van der Waals surface area contributed by atoms with Gasteiger partial charge in [0.15, 0.2) is 0 Å². The van der Waals surface area contributed by atoms with Crippen molar-refractivity contribution in [2.45, 2.75) is 26.2 Å². The van der Waals surface area contributed by atoms with E-state index in [1.165, 1.54) is 5.56 Å². The van der Waals surface area contributed by atoms with Crippen LogP contribution >= 0.6 is 0 Å². The number of nitrogens with one attached hydrogen (secondary N) is 2. The average Bonchev–Trinajstić information content (AvgIpc) is 2.64. The molecule has 2 aromatic carbocycles. The Labute approximate surface area is 154 Å². The molecule has 138 valence electrons. The van der Waals surface area contributed by atoms with Gasteiger partial charge in [0.25, 0.3) is 5.91 Å². The second kappa shape index (κ2) is 10.4. The molecule has 5 heteroatoms. The van der Waals surface area contributed by atoms with Gasteiger partial charge in [-0.15, -0.1) is 0 Å². The number of anilines is 1. The lowest BCUT2D eigenvalue weighted by molar-refractivity contribution is -0.120. The number of ether oxygens (including phenoxy) is 1. The summed E-state index contributed by atoms with van der Waals surface area (Å²) in [5.74, 6) is -0.191. The van der Waals surface area contributed by atoms with E-state index in [0.29, 0.717) is 30.8 Å². The van der Waals surface area contributed by atoms with Crippen LogP contribution in [0, 0.1) is 0 Å². The lowest BCUT2D eigenvalue weighted by Crippen LogP contribution is -2.28. The van der Waals surface area contributed by atoms with Crippen LogP contribution in [0.4, 0.5) is 5.69 Å². The normalized spacial score (nSPS) is 10.4. The topological polar surface area (TPSA) is 67.4 Å². The maximum absolute atomic E-state index is 12.3. The summed E-state index contributed by atoms with van der Waals surface area (Å²) in [5, 5.41) is 5.66. The van der Waals surface area contributed by atoms with Crippen molar-refractivity contribution < 1.29 is 14.3 Å². The Morgan fingerprint density at radius 3 is 2.23 bits per heavy atom. The van der Waals surface area contributed by atoms with Crippen molar-refractivity contribution in [1.82, 2.24) is 5.32 Å². The first-order valence-corrected chi connectivity index (χ1v) is 8.87. The van der Waals surface area contributed by atoms with E-state index in [4.69, 9.17) is 4.74 Å². The Bertz CT molecular complexity index is 709. The molecule has 0 radical (unpaired) electrons. The van der Waals surface area contributed by atoms with Gasteiger partial charge in [0.05, 0.1) is 13.0 Å². The van der Waals surface area contributed by atoms with E-state index in [1.54, 1.807) is 19.2 Å². The Balaban J connectivity index is 1.87. The molecule has 0 spiro atoms. The number of amides is 2. The van der Waals surface area contributed by atoms with Gasteiger partial charge in [-0.3, -0.25) is 9.59 Å². The predicted octanol–water partition coefficient (Wildman–Crippen LogP) is 3.20. The van der Waals surface area contributed by atoms with E-state index < -0.39 is 0 Å². The average molecular weight is 354 g/mol. The molecule has 0 aromatic heterocycles. The highest BCUT2D eigenvalue weighted by atomic mass is 16.5. The van der Waals surface area contributed by atoms with Crippen molar-refractivity contribution >= 4 is 17.5 Å². The summed E-state index contributed by atoms with van der Waals surface area (Å²) in [4.78, 5) is 24.1. The number of rotatable bonds is 9. The van der Waals surface area contributed by atoms with Gasteiger partial charge in [0.2, 0.25) is 5.91 Å². The largest absolute Gasteiger partial charge is 0.383 e. The molecule has 0 fully saturated rings. The third-order valence-corrected chi connectivity index (χ3v) is 3.96. The highest BCUT2D eigenvalue weighted by Gasteiger charge is 2.07. The Hall–Kier alpha value is -2.66. The van der Waals surface area contributed by atoms with Crippen molar-refractivity contribution in [2.75, 3.05) is 25.6 Å². The standard InChI is InChI=1S/C21H26N2O3/c1-3-4-16-5-9-18(10-6-16)21(25)23-19-11-7-17(8-12-19)15-20(24)22-13-14-26-2/h5-12H,3-4,13-15H2,1-2H3,(H,22,24)(H,23,25). The number of carbonyl (C=O) groups is 2. The van der Waals surface area contributed by atoms with Crippen molar-refractivity contribution in [2.24, 2.45) is 0 Å². The van der Waals surface area contributed by atoms with Crippen molar-refractivity contribution in [1.29, 1.82) is 0 Å². The molecule has 0 atom stereocenters. The van der Waals surface area contributed by atoms with Crippen LogP contribution in [0.3, 0.4) is 0 Å². The molecule has 0 aliphatic heterocycles. The molecule has 2 N–H and O–H groups in total. The van der Waals surface area contributed by atoms with Crippen LogP contribution in [0.15, 0.2) is 48.5 Å².